The molecule has 2 heterocycles. The smallest absolute Gasteiger partial charge is 0.00474 e. The van der Waals surface area contributed by atoms with Crippen molar-refractivity contribution in [1.29, 1.82) is 0 Å². The third kappa shape index (κ3) is 5.27. The minimum absolute atomic E-state index is 0. The largest absolute Gasteiger partial charge is 0.306 e. The molecule has 0 atom stereocenters. The molecule has 2 nitrogen and oxygen atoms in total. The van der Waals surface area contributed by atoms with E-state index < -0.39 is 0 Å². The first-order valence-corrected chi connectivity index (χ1v) is 7.57. The summed E-state index contributed by atoms with van der Waals surface area (Å²) in [6.45, 7) is 9.40. The molecule has 0 bridgehead atoms. The van der Waals surface area contributed by atoms with E-state index in [2.05, 4.69) is 23.9 Å². The molecule has 3 rings (SSSR count). The average molecular weight is 256 g/mol. The zero-order valence-corrected chi connectivity index (χ0v) is 12.5. The van der Waals surface area contributed by atoms with Gasteiger partial charge in [-0.3, -0.25) is 0 Å². The Morgan fingerprint density at radius 1 is 0.722 bits per heavy atom. The van der Waals surface area contributed by atoms with Crippen molar-refractivity contribution in [2.24, 2.45) is 5.41 Å². The van der Waals surface area contributed by atoms with Crippen molar-refractivity contribution < 1.29 is 0 Å². The summed E-state index contributed by atoms with van der Waals surface area (Å²) >= 11 is 0. The molecule has 0 radical (unpaired) electrons. The van der Waals surface area contributed by atoms with Crippen LogP contribution >= 0.6 is 0 Å². The lowest BCUT2D eigenvalue weighted by Crippen LogP contribution is -2.57. The van der Waals surface area contributed by atoms with Crippen LogP contribution < -0.4 is 0 Å². The normalized spacial score (nSPS) is 25.3. The van der Waals surface area contributed by atoms with Crippen LogP contribution in [0.5, 0.6) is 0 Å². The van der Waals surface area contributed by atoms with E-state index in [1.54, 1.807) is 0 Å². The lowest BCUT2D eigenvalue weighted by Gasteiger charge is -2.54. The molecule has 1 saturated carbocycles. The molecule has 0 amide bonds. The average Bonchev–Trinajstić information content (AvgIpc) is 2.27. The molecule has 3 aliphatic rings. The molecule has 0 aromatic carbocycles. The van der Waals surface area contributed by atoms with Crippen LogP contribution in [0.4, 0.5) is 0 Å². The van der Waals surface area contributed by atoms with E-state index in [0.717, 1.165) is 5.41 Å². The number of rotatable bonds is 0. The SMILES string of the molecule is C.CC.CN1CC2(CCC2)C1.CN1CCCCC1. The quantitative estimate of drug-likeness (QED) is 0.649. The van der Waals surface area contributed by atoms with Crippen molar-refractivity contribution in [1.82, 2.24) is 9.80 Å². The first-order chi connectivity index (χ1) is 8.20. The van der Waals surface area contributed by atoms with Gasteiger partial charge in [-0.2, -0.15) is 0 Å². The van der Waals surface area contributed by atoms with Crippen molar-refractivity contribution in [3.8, 4) is 0 Å². The zero-order chi connectivity index (χ0) is 12.7. The molecule has 0 aromatic heterocycles. The van der Waals surface area contributed by atoms with Crippen LogP contribution in [0.25, 0.3) is 0 Å². The lowest BCUT2D eigenvalue weighted by atomic mass is 9.64. The van der Waals surface area contributed by atoms with Gasteiger partial charge in [-0.15, -0.1) is 0 Å². The van der Waals surface area contributed by atoms with Crippen LogP contribution in [0.2, 0.25) is 0 Å². The van der Waals surface area contributed by atoms with E-state index in [1.165, 1.54) is 64.7 Å². The Labute approximate surface area is 116 Å². The number of piperidine rings is 1. The lowest BCUT2D eigenvalue weighted by molar-refractivity contribution is -0.0436. The summed E-state index contributed by atoms with van der Waals surface area (Å²) in [7, 11) is 4.41. The Bertz CT molecular complexity index is 185. The molecule has 1 aliphatic carbocycles. The Balaban J connectivity index is 0.000000272. The van der Waals surface area contributed by atoms with Gasteiger partial charge in [0.2, 0.25) is 0 Å². The minimum Gasteiger partial charge on any atom is -0.306 e. The van der Waals surface area contributed by atoms with Gasteiger partial charge in [0, 0.05) is 13.1 Å². The fraction of sp³-hybridized carbons (Fsp3) is 1.00. The van der Waals surface area contributed by atoms with Gasteiger partial charge in [-0.05, 0) is 58.3 Å². The summed E-state index contributed by atoms with van der Waals surface area (Å²) in [5.74, 6) is 0. The topological polar surface area (TPSA) is 6.48 Å². The third-order valence-corrected chi connectivity index (χ3v) is 4.20. The van der Waals surface area contributed by atoms with Crippen LogP contribution in [0.15, 0.2) is 0 Å². The maximum Gasteiger partial charge on any atom is 0.00474 e. The zero-order valence-electron chi connectivity index (χ0n) is 12.5. The van der Waals surface area contributed by atoms with Crippen LogP contribution in [0.3, 0.4) is 0 Å². The van der Waals surface area contributed by atoms with Crippen LogP contribution in [-0.4, -0.2) is 50.1 Å². The maximum absolute atomic E-state index is 2.42. The fourth-order valence-corrected chi connectivity index (χ4v) is 3.14. The Morgan fingerprint density at radius 2 is 1.22 bits per heavy atom. The van der Waals surface area contributed by atoms with Gasteiger partial charge in [0.05, 0.1) is 0 Å². The van der Waals surface area contributed by atoms with Crippen LogP contribution in [-0.2, 0) is 0 Å². The summed E-state index contributed by atoms with van der Waals surface area (Å²) < 4.78 is 0. The fourth-order valence-electron chi connectivity index (χ4n) is 3.14. The van der Waals surface area contributed by atoms with E-state index in [4.69, 9.17) is 0 Å². The molecule has 3 fully saturated rings. The molecule has 110 valence electrons. The number of hydrogen-bond donors (Lipinski definition) is 0. The van der Waals surface area contributed by atoms with Gasteiger partial charge in [0.25, 0.3) is 0 Å². The van der Waals surface area contributed by atoms with Crippen molar-refractivity contribution >= 4 is 0 Å². The van der Waals surface area contributed by atoms with E-state index in [1.807, 2.05) is 13.8 Å². The second kappa shape index (κ2) is 8.92. The highest BCUT2D eigenvalue weighted by molar-refractivity contribution is 4.98. The summed E-state index contributed by atoms with van der Waals surface area (Å²) in [5, 5.41) is 0. The monoisotopic (exact) mass is 256 g/mol. The maximum atomic E-state index is 2.42. The van der Waals surface area contributed by atoms with E-state index in [-0.39, 0.29) is 7.43 Å². The van der Waals surface area contributed by atoms with Gasteiger partial charge in [-0.25, -0.2) is 0 Å². The summed E-state index contributed by atoms with van der Waals surface area (Å²) in [6.07, 6.45) is 8.79. The molecule has 1 spiro atoms. The van der Waals surface area contributed by atoms with Gasteiger partial charge in [-0.1, -0.05) is 34.1 Å². The molecule has 0 unspecified atom stereocenters. The van der Waals surface area contributed by atoms with E-state index in [0.29, 0.717) is 0 Å². The Kier molecular flexibility index (Phi) is 8.89. The van der Waals surface area contributed by atoms with Gasteiger partial charge in [0.15, 0.2) is 0 Å². The number of likely N-dealkylation sites (tertiary alicyclic amines) is 2. The summed E-state index contributed by atoms with van der Waals surface area (Å²) in [6, 6.07) is 0. The molecule has 2 aliphatic heterocycles. The minimum atomic E-state index is 0. The standard InChI is InChI=1S/C7H13N.C6H13N.C2H6.CH4/c1-8-5-7(6-8)3-2-4-7;1-7-5-3-2-4-6-7;1-2;/h2-6H2,1H3;2-6H2,1H3;1-2H3;1H4. The predicted molar refractivity (Wildman–Crippen MR) is 83.2 cm³/mol. The number of hydrogen-bond acceptors (Lipinski definition) is 2. The highest BCUT2D eigenvalue weighted by Gasteiger charge is 2.45. The summed E-state index contributed by atoms with van der Waals surface area (Å²) in [4.78, 5) is 4.81. The molecule has 18 heavy (non-hydrogen) atoms. The van der Waals surface area contributed by atoms with Crippen molar-refractivity contribution in [3.05, 3.63) is 0 Å². The van der Waals surface area contributed by atoms with Gasteiger partial charge >= 0.3 is 0 Å². The third-order valence-electron chi connectivity index (χ3n) is 4.20. The highest BCUT2D eigenvalue weighted by Crippen LogP contribution is 2.47. The first-order valence-electron chi connectivity index (χ1n) is 7.57. The molecule has 2 saturated heterocycles. The Hall–Kier alpha value is -0.0800. The second-order valence-electron chi connectivity index (χ2n) is 5.89. The van der Waals surface area contributed by atoms with E-state index in [9.17, 15) is 0 Å². The molecule has 2 heteroatoms. The van der Waals surface area contributed by atoms with Crippen molar-refractivity contribution in [2.75, 3.05) is 40.3 Å². The number of nitrogens with zero attached hydrogens (tertiary/aromatic N) is 2. The van der Waals surface area contributed by atoms with Gasteiger partial charge < -0.3 is 9.80 Å². The molecule has 0 aromatic rings. The van der Waals surface area contributed by atoms with Crippen molar-refractivity contribution in [2.45, 2.75) is 59.8 Å². The summed E-state index contributed by atoms with van der Waals surface area (Å²) in [5.41, 5.74) is 0.842. The molecular formula is C16H36N2. The Morgan fingerprint density at radius 3 is 1.39 bits per heavy atom. The molecule has 0 N–H and O–H groups in total. The van der Waals surface area contributed by atoms with Crippen LogP contribution in [0.1, 0.15) is 59.8 Å². The first kappa shape index (κ1) is 17.9. The van der Waals surface area contributed by atoms with Gasteiger partial charge in [0.1, 0.15) is 0 Å². The van der Waals surface area contributed by atoms with Crippen molar-refractivity contribution in [3.63, 3.8) is 0 Å². The van der Waals surface area contributed by atoms with Crippen LogP contribution in [0, 0.1) is 5.41 Å². The highest BCUT2D eigenvalue weighted by atomic mass is 15.2. The second-order valence-corrected chi connectivity index (χ2v) is 5.89. The predicted octanol–water partition coefficient (Wildman–Crippen LogP) is 3.87. The van der Waals surface area contributed by atoms with E-state index >= 15 is 0 Å². The molecular weight excluding hydrogens is 220 g/mol.